The molecular formula is C14H19NO. The summed E-state index contributed by atoms with van der Waals surface area (Å²) in [7, 11) is 0. The van der Waals surface area contributed by atoms with Crippen LogP contribution >= 0.6 is 0 Å². The van der Waals surface area contributed by atoms with Gasteiger partial charge in [0, 0.05) is 11.5 Å². The van der Waals surface area contributed by atoms with Crippen LogP contribution in [0, 0.1) is 5.92 Å². The molecule has 0 aromatic heterocycles. The zero-order valence-electron chi connectivity index (χ0n) is 9.99. The van der Waals surface area contributed by atoms with Crippen LogP contribution in [-0.2, 0) is 11.2 Å². The van der Waals surface area contributed by atoms with Crippen molar-refractivity contribution in [3.63, 3.8) is 0 Å². The van der Waals surface area contributed by atoms with Crippen molar-refractivity contribution >= 4 is 5.91 Å². The second kappa shape index (κ2) is 4.28. The highest BCUT2D eigenvalue weighted by molar-refractivity contribution is 5.81. The van der Waals surface area contributed by atoms with E-state index in [1.807, 2.05) is 13.0 Å². The lowest BCUT2D eigenvalue weighted by molar-refractivity contribution is -0.122. The summed E-state index contributed by atoms with van der Waals surface area (Å²) in [6.45, 7) is 4.15. The third-order valence-corrected chi connectivity index (χ3v) is 3.44. The Morgan fingerprint density at radius 3 is 2.62 bits per heavy atom. The molecule has 1 amide bonds. The van der Waals surface area contributed by atoms with Crippen LogP contribution in [0.4, 0.5) is 0 Å². The lowest BCUT2D eigenvalue weighted by Gasteiger charge is -2.23. The largest absolute Gasteiger partial charge is 0.351 e. The molecule has 0 radical (unpaired) electrons. The van der Waals surface area contributed by atoms with Crippen molar-refractivity contribution in [2.45, 2.75) is 38.6 Å². The van der Waals surface area contributed by atoms with Gasteiger partial charge in [-0.2, -0.15) is 0 Å². The highest BCUT2D eigenvalue weighted by Crippen LogP contribution is 2.28. The standard InChI is InChI=1S/C14H19NO/c1-11-10-14(2,15-13(11)16)9-8-12-6-4-3-5-7-12/h3-7,11H,8-10H2,1-2H3,(H,15,16). The van der Waals surface area contributed by atoms with Gasteiger partial charge in [-0.3, -0.25) is 4.79 Å². The van der Waals surface area contributed by atoms with Gasteiger partial charge in [0.1, 0.15) is 0 Å². The molecule has 2 rings (SSSR count). The summed E-state index contributed by atoms with van der Waals surface area (Å²) in [5.74, 6) is 0.372. The fourth-order valence-corrected chi connectivity index (χ4v) is 2.47. The van der Waals surface area contributed by atoms with Crippen LogP contribution in [0.5, 0.6) is 0 Å². The Bertz CT molecular complexity index is 374. The number of amides is 1. The third kappa shape index (κ3) is 2.43. The van der Waals surface area contributed by atoms with E-state index in [9.17, 15) is 4.79 Å². The molecule has 0 aliphatic carbocycles. The van der Waals surface area contributed by atoms with Gasteiger partial charge >= 0.3 is 0 Å². The normalized spacial score (nSPS) is 29.1. The van der Waals surface area contributed by atoms with E-state index in [1.54, 1.807) is 0 Å². The fraction of sp³-hybridized carbons (Fsp3) is 0.500. The molecule has 2 atom stereocenters. The average Bonchev–Trinajstić information content (AvgIpc) is 2.53. The average molecular weight is 217 g/mol. The summed E-state index contributed by atoms with van der Waals surface area (Å²) < 4.78 is 0. The Labute approximate surface area is 97.1 Å². The Morgan fingerprint density at radius 2 is 2.06 bits per heavy atom. The molecule has 2 nitrogen and oxygen atoms in total. The number of hydrogen-bond acceptors (Lipinski definition) is 1. The van der Waals surface area contributed by atoms with Gasteiger partial charge in [-0.1, -0.05) is 37.3 Å². The summed E-state index contributed by atoms with van der Waals surface area (Å²) in [4.78, 5) is 11.5. The van der Waals surface area contributed by atoms with Crippen LogP contribution in [0.25, 0.3) is 0 Å². The second-order valence-corrected chi connectivity index (χ2v) is 5.14. The molecule has 0 spiro atoms. The second-order valence-electron chi connectivity index (χ2n) is 5.14. The van der Waals surface area contributed by atoms with Gasteiger partial charge in [0.25, 0.3) is 0 Å². The first-order chi connectivity index (χ1) is 7.59. The van der Waals surface area contributed by atoms with Crippen molar-refractivity contribution in [1.29, 1.82) is 0 Å². The van der Waals surface area contributed by atoms with Crippen LogP contribution in [0.2, 0.25) is 0 Å². The smallest absolute Gasteiger partial charge is 0.223 e. The minimum absolute atomic E-state index is 0.00760. The van der Waals surface area contributed by atoms with Crippen molar-refractivity contribution in [3.05, 3.63) is 35.9 Å². The Hall–Kier alpha value is -1.31. The number of aryl methyl sites for hydroxylation is 1. The maximum Gasteiger partial charge on any atom is 0.223 e. The molecular weight excluding hydrogens is 198 g/mol. The summed E-state index contributed by atoms with van der Waals surface area (Å²) in [6, 6.07) is 10.4. The molecule has 0 bridgehead atoms. The van der Waals surface area contributed by atoms with Gasteiger partial charge in [0.2, 0.25) is 5.91 Å². The van der Waals surface area contributed by atoms with E-state index in [1.165, 1.54) is 5.56 Å². The topological polar surface area (TPSA) is 29.1 Å². The first-order valence-electron chi connectivity index (χ1n) is 5.95. The van der Waals surface area contributed by atoms with Gasteiger partial charge < -0.3 is 5.32 Å². The van der Waals surface area contributed by atoms with Crippen molar-refractivity contribution in [3.8, 4) is 0 Å². The highest BCUT2D eigenvalue weighted by atomic mass is 16.2. The van der Waals surface area contributed by atoms with Gasteiger partial charge in [0.05, 0.1) is 0 Å². The molecule has 2 unspecified atom stereocenters. The minimum Gasteiger partial charge on any atom is -0.351 e. The SMILES string of the molecule is CC1CC(C)(CCc2ccccc2)NC1=O. The number of carbonyl (C=O) groups excluding carboxylic acids is 1. The molecule has 0 saturated carbocycles. The fourth-order valence-electron chi connectivity index (χ4n) is 2.47. The summed E-state index contributed by atoms with van der Waals surface area (Å²) in [5, 5.41) is 3.11. The van der Waals surface area contributed by atoms with Crippen LogP contribution in [0.3, 0.4) is 0 Å². The van der Waals surface area contributed by atoms with Gasteiger partial charge in [-0.05, 0) is 31.7 Å². The van der Waals surface area contributed by atoms with E-state index in [0.29, 0.717) is 0 Å². The van der Waals surface area contributed by atoms with Gasteiger partial charge in [-0.15, -0.1) is 0 Å². The Kier molecular flexibility index (Phi) is 2.99. The monoisotopic (exact) mass is 217 g/mol. The lowest BCUT2D eigenvalue weighted by Crippen LogP contribution is -2.38. The Morgan fingerprint density at radius 1 is 1.38 bits per heavy atom. The minimum atomic E-state index is -0.00760. The van der Waals surface area contributed by atoms with Crippen LogP contribution in [0.1, 0.15) is 32.3 Å². The van der Waals surface area contributed by atoms with E-state index < -0.39 is 0 Å². The molecule has 1 aliphatic heterocycles. The van der Waals surface area contributed by atoms with Crippen molar-refractivity contribution in [1.82, 2.24) is 5.32 Å². The Balaban J connectivity index is 1.94. The maximum atomic E-state index is 11.5. The number of carbonyl (C=O) groups is 1. The molecule has 1 N–H and O–H groups in total. The van der Waals surface area contributed by atoms with E-state index in [4.69, 9.17) is 0 Å². The van der Waals surface area contributed by atoms with Gasteiger partial charge in [0.15, 0.2) is 0 Å². The molecule has 86 valence electrons. The van der Waals surface area contributed by atoms with Crippen LogP contribution < -0.4 is 5.32 Å². The molecule has 1 aromatic rings. The van der Waals surface area contributed by atoms with E-state index in [-0.39, 0.29) is 17.4 Å². The van der Waals surface area contributed by atoms with E-state index in [0.717, 1.165) is 19.3 Å². The molecule has 16 heavy (non-hydrogen) atoms. The molecule has 1 saturated heterocycles. The molecule has 1 aromatic carbocycles. The lowest BCUT2D eigenvalue weighted by atomic mass is 9.89. The number of nitrogens with one attached hydrogen (secondary N) is 1. The molecule has 2 heteroatoms. The zero-order chi connectivity index (χ0) is 11.6. The quantitative estimate of drug-likeness (QED) is 0.828. The molecule has 1 fully saturated rings. The van der Waals surface area contributed by atoms with Crippen molar-refractivity contribution < 1.29 is 4.79 Å². The first kappa shape index (κ1) is 11.2. The third-order valence-electron chi connectivity index (χ3n) is 3.44. The van der Waals surface area contributed by atoms with Crippen LogP contribution in [0.15, 0.2) is 30.3 Å². The van der Waals surface area contributed by atoms with E-state index in [2.05, 4.69) is 36.5 Å². The van der Waals surface area contributed by atoms with E-state index >= 15 is 0 Å². The molecule has 1 heterocycles. The first-order valence-corrected chi connectivity index (χ1v) is 5.95. The summed E-state index contributed by atoms with van der Waals surface area (Å²) >= 11 is 0. The highest BCUT2D eigenvalue weighted by Gasteiger charge is 2.37. The van der Waals surface area contributed by atoms with Gasteiger partial charge in [-0.25, -0.2) is 0 Å². The maximum absolute atomic E-state index is 11.5. The van der Waals surface area contributed by atoms with Crippen LogP contribution in [-0.4, -0.2) is 11.4 Å². The van der Waals surface area contributed by atoms with Crippen molar-refractivity contribution in [2.24, 2.45) is 5.92 Å². The number of benzene rings is 1. The summed E-state index contributed by atoms with van der Waals surface area (Å²) in [5.41, 5.74) is 1.34. The number of hydrogen-bond donors (Lipinski definition) is 1. The predicted octanol–water partition coefficient (Wildman–Crippen LogP) is 2.53. The molecule has 1 aliphatic rings. The zero-order valence-corrected chi connectivity index (χ0v) is 9.99. The number of rotatable bonds is 3. The summed E-state index contributed by atoms with van der Waals surface area (Å²) in [6.07, 6.45) is 3.01. The van der Waals surface area contributed by atoms with Crippen molar-refractivity contribution in [2.75, 3.05) is 0 Å². The predicted molar refractivity (Wildman–Crippen MR) is 65.1 cm³/mol.